The molecule has 0 aliphatic carbocycles. The Bertz CT molecular complexity index is 1160. The molecule has 0 spiro atoms. The lowest BCUT2D eigenvalue weighted by Crippen LogP contribution is -2.21. The summed E-state index contributed by atoms with van der Waals surface area (Å²) in [6.45, 7) is 2.18. The number of furan rings is 2. The van der Waals surface area contributed by atoms with Crippen molar-refractivity contribution >= 4 is 29.1 Å². The van der Waals surface area contributed by atoms with Crippen LogP contribution in [0.15, 0.2) is 75.6 Å². The van der Waals surface area contributed by atoms with Gasteiger partial charge in [0.2, 0.25) is 0 Å². The summed E-state index contributed by atoms with van der Waals surface area (Å²) in [5.74, 6) is 1.84. The van der Waals surface area contributed by atoms with Gasteiger partial charge in [0.1, 0.15) is 17.3 Å². The number of aryl methyl sites for hydroxylation is 1. The first-order valence-electron chi connectivity index (χ1n) is 8.99. The minimum Gasteiger partial charge on any atom is -0.459 e. The van der Waals surface area contributed by atoms with Crippen LogP contribution in [0.25, 0.3) is 22.6 Å². The van der Waals surface area contributed by atoms with Crippen LogP contribution in [0.5, 0.6) is 0 Å². The van der Waals surface area contributed by atoms with E-state index in [0.29, 0.717) is 27.3 Å². The normalized spacial score (nSPS) is 10.9. The van der Waals surface area contributed by atoms with Gasteiger partial charge in [-0.3, -0.25) is 4.79 Å². The van der Waals surface area contributed by atoms with E-state index in [1.807, 2.05) is 49.4 Å². The molecule has 4 rings (SSSR count). The van der Waals surface area contributed by atoms with Gasteiger partial charge in [0.15, 0.2) is 5.76 Å². The van der Waals surface area contributed by atoms with Gasteiger partial charge in [-0.15, -0.1) is 0 Å². The van der Waals surface area contributed by atoms with Crippen LogP contribution in [0.2, 0.25) is 10.0 Å². The van der Waals surface area contributed by atoms with Crippen molar-refractivity contribution in [2.75, 3.05) is 0 Å². The molecular formula is C23H17Cl2NO3. The van der Waals surface area contributed by atoms with Crippen molar-refractivity contribution in [3.05, 3.63) is 93.9 Å². The van der Waals surface area contributed by atoms with Crippen LogP contribution in [-0.2, 0) is 6.54 Å². The molecule has 0 unspecified atom stereocenters. The molecule has 2 aromatic heterocycles. The van der Waals surface area contributed by atoms with E-state index in [1.54, 1.807) is 24.3 Å². The molecule has 0 aliphatic rings. The Labute approximate surface area is 178 Å². The summed E-state index contributed by atoms with van der Waals surface area (Å²) in [6.07, 6.45) is 0. The Morgan fingerprint density at radius 1 is 0.862 bits per heavy atom. The molecule has 2 heterocycles. The molecule has 1 N–H and O–H groups in total. The molecule has 0 bridgehead atoms. The molecule has 0 radical (unpaired) electrons. The summed E-state index contributed by atoms with van der Waals surface area (Å²) in [4.78, 5) is 12.4. The van der Waals surface area contributed by atoms with Crippen molar-refractivity contribution in [1.29, 1.82) is 0 Å². The summed E-state index contributed by atoms with van der Waals surface area (Å²) < 4.78 is 11.5. The first-order valence-corrected chi connectivity index (χ1v) is 9.74. The molecule has 4 aromatic rings. The van der Waals surface area contributed by atoms with Crippen LogP contribution in [-0.4, -0.2) is 5.91 Å². The highest BCUT2D eigenvalue weighted by Gasteiger charge is 2.14. The Balaban J connectivity index is 1.41. The lowest BCUT2D eigenvalue weighted by molar-refractivity contribution is 0.0921. The standard InChI is InChI=1S/C23H17Cl2NO3/c1-14-2-3-16(12-19(14)25)21-10-11-22(29-21)23(27)26-13-18-8-9-20(28-18)15-4-6-17(24)7-5-15/h2-12H,13H2,1H3,(H,26,27). The maximum Gasteiger partial charge on any atom is 0.287 e. The molecule has 4 nitrogen and oxygen atoms in total. The van der Waals surface area contributed by atoms with E-state index in [1.165, 1.54) is 0 Å². The highest BCUT2D eigenvalue weighted by atomic mass is 35.5. The first kappa shape index (κ1) is 19.4. The summed E-state index contributed by atoms with van der Waals surface area (Å²) in [5, 5.41) is 4.12. The third kappa shape index (κ3) is 4.39. The Hall–Kier alpha value is -2.95. The molecule has 0 fully saturated rings. The predicted molar refractivity (Wildman–Crippen MR) is 114 cm³/mol. The molecule has 6 heteroatoms. The largest absolute Gasteiger partial charge is 0.459 e. The fourth-order valence-electron chi connectivity index (χ4n) is 2.86. The van der Waals surface area contributed by atoms with Crippen molar-refractivity contribution < 1.29 is 13.6 Å². The predicted octanol–water partition coefficient (Wildman–Crippen LogP) is 6.75. The smallest absolute Gasteiger partial charge is 0.287 e. The van der Waals surface area contributed by atoms with Crippen LogP contribution >= 0.6 is 23.2 Å². The molecule has 2 aromatic carbocycles. The lowest BCUT2D eigenvalue weighted by atomic mass is 10.1. The minimum atomic E-state index is -0.320. The van der Waals surface area contributed by atoms with Crippen molar-refractivity contribution in [2.24, 2.45) is 0 Å². The van der Waals surface area contributed by atoms with E-state index >= 15 is 0 Å². The van der Waals surface area contributed by atoms with Gasteiger partial charge in [-0.05, 0) is 67.1 Å². The molecule has 146 valence electrons. The summed E-state index contributed by atoms with van der Waals surface area (Å²) >= 11 is 12.1. The highest BCUT2D eigenvalue weighted by molar-refractivity contribution is 6.31. The highest BCUT2D eigenvalue weighted by Crippen LogP contribution is 2.27. The van der Waals surface area contributed by atoms with Crippen molar-refractivity contribution in [3.63, 3.8) is 0 Å². The second kappa shape index (κ2) is 8.19. The van der Waals surface area contributed by atoms with E-state index in [9.17, 15) is 4.79 Å². The maximum atomic E-state index is 12.4. The lowest BCUT2D eigenvalue weighted by Gasteiger charge is -2.02. The average molecular weight is 426 g/mol. The molecular weight excluding hydrogens is 409 g/mol. The zero-order chi connectivity index (χ0) is 20.4. The average Bonchev–Trinajstić information content (AvgIpc) is 3.39. The number of hydrogen-bond acceptors (Lipinski definition) is 3. The number of rotatable bonds is 5. The molecule has 29 heavy (non-hydrogen) atoms. The summed E-state index contributed by atoms with van der Waals surface area (Å²) in [6, 6.07) is 20.1. The van der Waals surface area contributed by atoms with Gasteiger partial charge in [0, 0.05) is 21.2 Å². The third-order valence-electron chi connectivity index (χ3n) is 4.50. The number of carbonyl (C=O) groups is 1. The quantitative estimate of drug-likeness (QED) is 0.384. The van der Waals surface area contributed by atoms with Crippen LogP contribution in [0.3, 0.4) is 0 Å². The van der Waals surface area contributed by atoms with Gasteiger partial charge in [-0.1, -0.05) is 35.3 Å². The second-order valence-electron chi connectivity index (χ2n) is 6.58. The van der Waals surface area contributed by atoms with E-state index in [2.05, 4.69) is 5.32 Å². The van der Waals surface area contributed by atoms with Crippen molar-refractivity contribution in [1.82, 2.24) is 5.32 Å². The molecule has 0 saturated carbocycles. The first-order chi connectivity index (χ1) is 14.0. The topological polar surface area (TPSA) is 55.4 Å². The van der Waals surface area contributed by atoms with Gasteiger partial charge in [0.05, 0.1) is 6.54 Å². The maximum absolute atomic E-state index is 12.4. The SMILES string of the molecule is Cc1ccc(-c2ccc(C(=O)NCc3ccc(-c4ccc(Cl)cc4)o3)o2)cc1Cl. The zero-order valence-electron chi connectivity index (χ0n) is 15.5. The zero-order valence-corrected chi connectivity index (χ0v) is 17.1. The van der Waals surface area contributed by atoms with Crippen LogP contribution in [0.4, 0.5) is 0 Å². The number of carbonyl (C=O) groups excluding carboxylic acids is 1. The molecule has 0 aliphatic heterocycles. The summed E-state index contributed by atoms with van der Waals surface area (Å²) in [5.41, 5.74) is 2.72. The number of halogens is 2. The van der Waals surface area contributed by atoms with Crippen LogP contribution in [0.1, 0.15) is 21.9 Å². The van der Waals surface area contributed by atoms with Crippen molar-refractivity contribution in [2.45, 2.75) is 13.5 Å². The fourth-order valence-corrected chi connectivity index (χ4v) is 3.16. The Morgan fingerprint density at radius 3 is 2.31 bits per heavy atom. The fraction of sp³-hybridized carbons (Fsp3) is 0.0870. The van der Waals surface area contributed by atoms with Crippen LogP contribution in [0, 0.1) is 6.92 Å². The number of benzene rings is 2. The Kier molecular flexibility index (Phi) is 5.47. The molecule has 0 saturated heterocycles. The molecule has 1 amide bonds. The summed E-state index contributed by atoms with van der Waals surface area (Å²) in [7, 11) is 0. The minimum absolute atomic E-state index is 0.223. The van der Waals surface area contributed by atoms with E-state index in [4.69, 9.17) is 32.0 Å². The van der Waals surface area contributed by atoms with Crippen LogP contribution < -0.4 is 5.32 Å². The van der Waals surface area contributed by atoms with Gasteiger partial charge in [-0.2, -0.15) is 0 Å². The van der Waals surface area contributed by atoms with E-state index < -0.39 is 0 Å². The van der Waals surface area contributed by atoms with Gasteiger partial charge in [0.25, 0.3) is 5.91 Å². The van der Waals surface area contributed by atoms with E-state index in [-0.39, 0.29) is 18.2 Å². The second-order valence-corrected chi connectivity index (χ2v) is 7.43. The number of nitrogens with one attached hydrogen (secondary N) is 1. The van der Waals surface area contributed by atoms with Gasteiger partial charge in [-0.25, -0.2) is 0 Å². The van der Waals surface area contributed by atoms with E-state index in [0.717, 1.165) is 16.7 Å². The molecule has 0 atom stereocenters. The number of hydrogen-bond donors (Lipinski definition) is 1. The van der Waals surface area contributed by atoms with Crippen molar-refractivity contribution in [3.8, 4) is 22.6 Å². The number of amides is 1. The monoisotopic (exact) mass is 425 g/mol. The van der Waals surface area contributed by atoms with Gasteiger partial charge < -0.3 is 14.2 Å². The Morgan fingerprint density at radius 2 is 1.55 bits per heavy atom. The third-order valence-corrected chi connectivity index (χ3v) is 5.16. The van der Waals surface area contributed by atoms with Gasteiger partial charge >= 0.3 is 0 Å².